The predicted molar refractivity (Wildman–Crippen MR) is 124 cm³/mol. The number of nitrogens with two attached hydrogens (primary N) is 2. The number of carboxylic acid groups (broad SMARTS) is 1. The molecule has 2 heterocycles. The molecule has 8 N–H and O–H groups in total. The number of hydrogen-bond acceptors (Lipinski definition) is 7. The number of nitrogens with zero attached hydrogens (tertiary/aromatic N) is 2. The number of H-pyrrole nitrogens is 1. The number of carboxylic acids is 1. The summed E-state index contributed by atoms with van der Waals surface area (Å²) < 4.78 is 0. The Morgan fingerprint density at radius 3 is 2.51 bits per heavy atom. The smallest absolute Gasteiger partial charge is 0.326 e. The molecule has 1 saturated heterocycles. The number of likely N-dealkylation sites (tertiary alicyclic amines) is 1. The van der Waals surface area contributed by atoms with Crippen molar-refractivity contribution in [3.05, 3.63) is 18.2 Å². The number of imidazole rings is 1. The molecule has 0 spiro atoms. The Labute approximate surface area is 203 Å². The first-order chi connectivity index (χ1) is 16.5. The topological polar surface area (TPSA) is 214 Å². The summed E-state index contributed by atoms with van der Waals surface area (Å²) in [6.07, 6.45) is 3.98. The molecule has 35 heavy (non-hydrogen) atoms. The Bertz CT molecular complexity index is 904. The predicted octanol–water partition coefficient (Wildman–Crippen LogP) is -1.36. The Kier molecular flexibility index (Phi) is 10.2. The van der Waals surface area contributed by atoms with E-state index in [4.69, 9.17) is 11.5 Å². The van der Waals surface area contributed by atoms with Gasteiger partial charge in [-0.3, -0.25) is 19.2 Å². The van der Waals surface area contributed by atoms with E-state index in [2.05, 4.69) is 20.6 Å². The van der Waals surface area contributed by atoms with Gasteiger partial charge in [-0.15, -0.1) is 0 Å². The summed E-state index contributed by atoms with van der Waals surface area (Å²) in [7, 11) is 0. The van der Waals surface area contributed by atoms with Crippen LogP contribution in [-0.4, -0.2) is 80.3 Å². The minimum Gasteiger partial charge on any atom is -0.480 e. The molecule has 0 bridgehead atoms. The molecule has 1 aliphatic heterocycles. The maximum absolute atomic E-state index is 13.2. The van der Waals surface area contributed by atoms with Gasteiger partial charge in [0.2, 0.25) is 23.6 Å². The maximum atomic E-state index is 13.2. The van der Waals surface area contributed by atoms with Crippen molar-refractivity contribution in [3.8, 4) is 0 Å². The molecule has 4 amide bonds. The molecule has 1 aromatic heterocycles. The second kappa shape index (κ2) is 12.8. The van der Waals surface area contributed by atoms with Gasteiger partial charge in [0.25, 0.3) is 0 Å². The van der Waals surface area contributed by atoms with Crippen molar-refractivity contribution in [2.75, 3.05) is 6.54 Å². The number of rotatable bonds is 13. The Balaban J connectivity index is 2.14. The van der Waals surface area contributed by atoms with Crippen LogP contribution in [0.3, 0.4) is 0 Å². The second-order valence-electron chi connectivity index (χ2n) is 9.17. The first-order valence-corrected chi connectivity index (χ1v) is 11.6. The molecule has 0 aromatic carbocycles. The van der Waals surface area contributed by atoms with Crippen molar-refractivity contribution in [2.24, 2.45) is 17.4 Å². The zero-order chi connectivity index (χ0) is 26.1. The highest BCUT2D eigenvalue weighted by atomic mass is 16.4. The van der Waals surface area contributed by atoms with Gasteiger partial charge in [0.15, 0.2) is 0 Å². The van der Waals surface area contributed by atoms with E-state index in [0.717, 1.165) is 0 Å². The van der Waals surface area contributed by atoms with Crippen molar-refractivity contribution in [3.63, 3.8) is 0 Å². The summed E-state index contributed by atoms with van der Waals surface area (Å²) in [5, 5.41) is 14.4. The van der Waals surface area contributed by atoms with E-state index in [1.54, 1.807) is 0 Å². The number of nitrogens with one attached hydrogen (secondary N) is 3. The molecule has 0 aliphatic carbocycles. The molecule has 13 heteroatoms. The average molecular weight is 494 g/mol. The molecule has 194 valence electrons. The van der Waals surface area contributed by atoms with Crippen LogP contribution in [0, 0.1) is 5.92 Å². The average Bonchev–Trinajstić information content (AvgIpc) is 3.46. The molecular weight excluding hydrogens is 458 g/mol. The zero-order valence-electron chi connectivity index (χ0n) is 20.0. The molecule has 1 fully saturated rings. The van der Waals surface area contributed by atoms with Crippen LogP contribution in [0.2, 0.25) is 0 Å². The highest BCUT2D eigenvalue weighted by molar-refractivity contribution is 5.94. The van der Waals surface area contributed by atoms with E-state index < -0.39 is 47.9 Å². The van der Waals surface area contributed by atoms with Crippen LogP contribution in [0.4, 0.5) is 0 Å². The van der Waals surface area contributed by atoms with Crippen LogP contribution in [0.5, 0.6) is 0 Å². The highest BCUT2D eigenvalue weighted by Crippen LogP contribution is 2.20. The van der Waals surface area contributed by atoms with Crippen LogP contribution >= 0.6 is 0 Å². The van der Waals surface area contributed by atoms with Gasteiger partial charge in [-0.25, -0.2) is 9.78 Å². The molecule has 1 aromatic rings. The van der Waals surface area contributed by atoms with Gasteiger partial charge in [0.1, 0.15) is 18.1 Å². The van der Waals surface area contributed by atoms with Crippen molar-refractivity contribution in [1.82, 2.24) is 25.5 Å². The van der Waals surface area contributed by atoms with Gasteiger partial charge in [-0.2, -0.15) is 0 Å². The standard InChI is InChI=1S/C22H35N7O6/c1-12(2)8-14(23)21(33)29-7-3-4-17(29)20(32)28-16(9-13-10-25-11-26-13)19(31)27-15(22(34)35)5-6-18(24)30/h10-12,14-17H,3-9,23H2,1-2H3,(H2,24,30)(H,25,26)(H,27,31)(H,28,32)(H,34,35). The normalized spacial score (nSPS) is 18.1. The van der Waals surface area contributed by atoms with Crippen molar-refractivity contribution in [1.29, 1.82) is 0 Å². The lowest BCUT2D eigenvalue weighted by atomic mass is 10.0. The van der Waals surface area contributed by atoms with Crippen molar-refractivity contribution < 1.29 is 29.1 Å². The third kappa shape index (κ3) is 8.35. The number of aromatic nitrogens is 2. The lowest BCUT2D eigenvalue weighted by Crippen LogP contribution is -2.57. The van der Waals surface area contributed by atoms with E-state index in [-0.39, 0.29) is 31.1 Å². The Morgan fingerprint density at radius 1 is 1.23 bits per heavy atom. The highest BCUT2D eigenvalue weighted by Gasteiger charge is 2.38. The molecule has 4 atom stereocenters. The molecule has 1 aliphatic rings. The summed E-state index contributed by atoms with van der Waals surface area (Å²) in [6.45, 7) is 4.29. The summed E-state index contributed by atoms with van der Waals surface area (Å²) in [6, 6.07) is -4.04. The second-order valence-corrected chi connectivity index (χ2v) is 9.17. The summed E-state index contributed by atoms with van der Waals surface area (Å²) >= 11 is 0. The summed E-state index contributed by atoms with van der Waals surface area (Å²) in [4.78, 5) is 69.8. The van der Waals surface area contributed by atoms with E-state index in [1.807, 2.05) is 13.8 Å². The van der Waals surface area contributed by atoms with Crippen LogP contribution in [0.15, 0.2) is 12.5 Å². The minimum absolute atomic E-state index is 0.00720. The van der Waals surface area contributed by atoms with Crippen LogP contribution in [-0.2, 0) is 30.4 Å². The number of hydrogen-bond donors (Lipinski definition) is 6. The molecule has 4 unspecified atom stereocenters. The quantitative estimate of drug-likeness (QED) is 0.192. The molecule has 0 saturated carbocycles. The lowest BCUT2D eigenvalue weighted by Gasteiger charge is -2.29. The minimum atomic E-state index is -1.37. The van der Waals surface area contributed by atoms with E-state index in [1.165, 1.54) is 17.4 Å². The SMILES string of the molecule is CC(C)CC(N)C(=O)N1CCCC1C(=O)NC(Cc1cnc[nH]1)C(=O)NC(CCC(N)=O)C(=O)O. The van der Waals surface area contributed by atoms with Crippen molar-refractivity contribution in [2.45, 2.75) is 76.5 Å². The number of aliphatic carboxylic acids is 1. The van der Waals surface area contributed by atoms with Gasteiger partial charge < -0.3 is 37.1 Å². The van der Waals surface area contributed by atoms with Crippen LogP contribution < -0.4 is 22.1 Å². The van der Waals surface area contributed by atoms with E-state index in [0.29, 0.717) is 31.5 Å². The van der Waals surface area contributed by atoms with E-state index >= 15 is 0 Å². The Morgan fingerprint density at radius 2 is 1.94 bits per heavy atom. The summed E-state index contributed by atoms with van der Waals surface area (Å²) in [5.41, 5.74) is 11.7. The van der Waals surface area contributed by atoms with Crippen molar-refractivity contribution >= 4 is 29.6 Å². The fourth-order valence-corrected chi connectivity index (χ4v) is 4.03. The molecule has 0 radical (unpaired) electrons. The molecular formula is C22H35N7O6. The monoisotopic (exact) mass is 493 g/mol. The first kappa shape index (κ1) is 27.8. The third-order valence-electron chi connectivity index (χ3n) is 5.79. The number of aromatic amines is 1. The fourth-order valence-electron chi connectivity index (χ4n) is 4.03. The van der Waals surface area contributed by atoms with Gasteiger partial charge in [0, 0.05) is 31.3 Å². The number of primary amides is 1. The van der Waals surface area contributed by atoms with Crippen LogP contribution in [0.1, 0.15) is 51.6 Å². The fraction of sp³-hybridized carbons (Fsp3) is 0.636. The third-order valence-corrected chi connectivity index (χ3v) is 5.79. The van der Waals surface area contributed by atoms with Gasteiger partial charge in [-0.05, 0) is 31.6 Å². The number of carbonyl (C=O) groups excluding carboxylic acids is 4. The lowest BCUT2D eigenvalue weighted by molar-refractivity contribution is -0.143. The molecule has 13 nitrogen and oxygen atoms in total. The Hall–Kier alpha value is -3.48. The zero-order valence-corrected chi connectivity index (χ0v) is 20.0. The van der Waals surface area contributed by atoms with Gasteiger partial charge in [0.05, 0.1) is 12.4 Å². The largest absolute Gasteiger partial charge is 0.480 e. The maximum Gasteiger partial charge on any atom is 0.326 e. The first-order valence-electron chi connectivity index (χ1n) is 11.6. The van der Waals surface area contributed by atoms with E-state index in [9.17, 15) is 29.1 Å². The van der Waals surface area contributed by atoms with Gasteiger partial charge >= 0.3 is 5.97 Å². The number of amides is 4. The number of carbonyl (C=O) groups is 5. The summed E-state index contributed by atoms with van der Waals surface area (Å²) in [5.74, 6) is -3.42. The van der Waals surface area contributed by atoms with Crippen LogP contribution in [0.25, 0.3) is 0 Å². The molecule has 2 rings (SSSR count). The van der Waals surface area contributed by atoms with Gasteiger partial charge in [-0.1, -0.05) is 13.8 Å².